The van der Waals surface area contributed by atoms with Crippen LogP contribution in [0.15, 0.2) is 97.1 Å². The Morgan fingerprint density at radius 3 is 1.46 bits per heavy atom. The third kappa shape index (κ3) is 10.8. The molecule has 4 aromatic carbocycles. The number of nitrogens with one attached hydrogen (secondary N) is 2. The van der Waals surface area contributed by atoms with Gasteiger partial charge in [0, 0.05) is 47.5 Å². The fraction of sp³-hybridized carbons (Fsp3) is 0.171. The van der Waals surface area contributed by atoms with Crippen molar-refractivity contribution in [2.75, 3.05) is 16.3 Å². The minimum Gasteiger partial charge on any atom is -0.341 e. The summed E-state index contributed by atoms with van der Waals surface area (Å²) in [5, 5.41) is 1.43. The number of nitrogens with zero attached hydrogens (tertiary/aromatic N) is 2. The first-order valence-corrected chi connectivity index (χ1v) is 14.7. The van der Waals surface area contributed by atoms with Gasteiger partial charge in [0.1, 0.15) is 11.6 Å². The Labute approximate surface area is 283 Å². The maximum Gasteiger partial charge on any atom is 0.471 e. The van der Waals surface area contributed by atoms with E-state index >= 15 is 0 Å². The topological polar surface area (TPSA) is 142 Å². The number of rotatable bonds is 10. The number of benzene rings is 4. The SMILES string of the molecule is CC(=O)N(Cc1ccc(C(=O)CNC(=O)C(F)(F)F)cc1F)c1ccccc1.CC(=O)N(Cc1ccc(C(=O)NN)cc1F)c1ccccc1. The number of amides is 4. The summed E-state index contributed by atoms with van der Waals surface area (Å²) in [6.45, 7) is 1.81. The van der Waals surface area contributed by atoms with Gasteiger partial charge in [0.15, 0.2) is 5.78 Å². The number of carbonyl (C=O) groups is 5. The first kappa shape index (κ1) is 38.5. The highest BCUT2D eigenvalue weighted by atomic mass is 19.4. The monoisotopic (exact) mass is 697 g/mol. The third-order valence-electron chi connectivity index (χ3n) is 7.04. The summed E-state index contributed by atoms with van der Waals surface area (Å²) >= 11 is 0. The zero-order valence-electron chi connectivity index (χ0n) is 26.8. The Morgan fingerprint density at radius 2 is 1.08 bits per heavy atom. The van der Waals surface area contributed by atoms with Crippen molar-refractivity contribution in [3.05, 3.63) is 131 Å². The van der Waals surface area contributed by atoms with Gasteiger partial charge in [-0.2, -0.15) is 13.2 Å². The van der Waals surface area contributed by atoms with E-state index in [0.29, 0.717) is 16.9 Å². The van der Waals surface area contributed by atoms with E-state index in [1.54, 1.807) is 54.6 Å². The molecule has 0 aliphatic rings. The van der Waals surface area contributed by atoms with Gasteiger partial charge in [0.2, 0.25) is 11.8 Å². The van der Waals surface area contributed by atoms with Crippen LogP contribution in [0.25, 0.3) is 0 Å². The van der Waals surface area contributed by atoms with Crippen molar-refractivity contribution < 1.29 is 45.9 Å². The van der Waals surface area contributed by atoms with Crippen molar-refractivity contribution in [3.63, 3.8) is 0 Å². The largest absolute Gasteiger partial charge is 0.471 e. The zero-order chi connectivity index (χ0) is 37.0. The lowest BCUT2D eigenvalue weighted by Gasteiger charge is -2.21. The highest BCUT2D eigenvalue weighted by Crippen LogP contribution is 2.21. The molecule has 4 aromatic rings. The summed E-state index contributed by atoms with van der Waals surface area (Å²) in [4.78, 5) is 60.5. The molecule has 10 nitrogen and oxygen atoms in total. The number of carbonyl (C=O) groups excluding carboxylic acids is 5. The van der Waals surface area contributed by atoms with Crippen molar-refractivity contribution in [3.8, 4) is 0 Å². The van der Waals surface area contributed by atoms with Crippen molar-refractivity contribution in [1.82, 2.24) is 10.7 Å². The molecule has 0 spiro atoms. The third-order valence-corrected chi connectivity index (χ3v) is 7.04. The smallest absolute Gasteiger partial charge is 0.341 e. The molecule has 0 saturated carbocycles. The molecular formula is C35H32F5N5O5. The average Bonchev–Trinajstić information content (AvgIpc) is 3.09. The molecule has 4 rings (SSSR count). The number of hydrogen-bond donors (Lipinski definition) is 3. The second-order valence-electron chi connectivity index (χ2n) is 10.6. The Balaban J connectivity index is 0.000000278. The Kier molecular flexibility index (Phi) is 13.4. The number of nitrogen functional groups attached to an aromatic ring is 1. The van der Waals surface area contributed by atoms with Gasteiger partial charge in [-0.25, -0.2) is 14.6 Å². The molecule has 0 heterocycles. The van der Waals surface area contributed by atoms with Crippen LogP contribution in [0.1, 0.15) is 45.7 Å². The second kappa shape index (κ2) is 17.4. The molecule has 0 bridgehead atoms. The van der Waals surface area contributed by atoms with Crippen LogP contribution in [-0.2, 0) is 27.5 Å². The molecule has 4 amide bonds. The van der Waals surface area contributed by atoms with E-state index in [1.807, 2.05) is 11.5 Å². The van der Waals surface area contributed by atoms with Gasteiger partial charge < -0.3 is 15.1 Å². The molecule has 0 aliphatic carbocycles. The summed E-state index contributed by atoms with van der Waals surface area (Å²) in [6, 6.07) is 24.9. The number of hydrogen-bond acceptors (Lipinski definition) is 6. The minimum atomic E-state index is -5.11. The first-order valence-electron chi connectivity index (χ1n) is 14.7. The van der Waals surface area contributed by atoms with Crippen LogP contribution in [0.2, 0.25) is 0 Å². The predicted octanol–water partition coefficient (Wildman–Crippen LogP) is 5.22. The Morgan fingerprint density at radius 1 is 0.660 bits per heavy atom. The average molecular weight is 698 g/mol. The van der Waals surface area contributed by atoms with Crippen LogP contribution in [0.5, 0.6) is 0 Å². The molecule has 0 saturated heterocycles. The van der Waals surface area contributed by atoms with Crippen molar-refractivity contribution in [2.45, 2.75) is 33.1 Å². The maximum atomic E-state index is 14.4. The van der Waals surface area contributed by atoms with Gasteiger partial charge in [-0.05, 0) is 42.5 Å². The molecular weight excluding hydrogens is 665 g/mol. The van der Waals surface area contributed by atoms with Gasteiger partial charge in [-0.1, -0.05) is 54.6 Å². The molecule has 4 N–H and O–H groups in total. The summed E-state index contributed by atoms with van der Waals surface area (Å²) in [5.41, 5.74) is 3.54. The molecule has 0 aromatic heterocycles. The number of halogens is 5. The van der Waals surface area contributed by atoms with Crippen LogP contribution in [0.3, 0.4) is 0 Å². The summed E-state index contributed by atoms with van der Waals surface area (Å²) in [5.74, 6) is -0.572. The molecule has 0 radical (unpaired) electrons. The van der Waals surface area contributed by atoms with E-state index in [4.69, 9.17) is 5.84 Å². The molecule has 0 aliphatic heterocycles. The summed E-state index contributed by atoms with van der Waals surface area (Å²) in [6.07, 6.45) is -5.11. The number of ketones is 1. The predicted molar refractivity (Wildman–Crippen MR) is 174 cm³/mol. The second-order valence-corrected chi connectivity index (χ2v) is 10.6. The fourth-order valence-electron chi connectivity index (χ4n) is 4.44. The van der Waals surface area contributed by atoms with E-state index in [-0.39, 0.29) is 41.6 Å². The molecule has 262 valence electrons. The first-order chi connectivity index (χ1) is 23.6. The lowest BCUT2D eigenvalue weighted by molar-refractivity contribution is -0.173. The number of anilines is 2. The van der Waals surface area contributed by atoms with Gasteiger partial charge in [-0.3, -0.25) is 29.4 Å². The normalized spacial score (nSPS) is 10.6. The molecule has 50 heavy (non-hydrogen) atoms. The van der Waals surface area contributed by atoms with E-state index < -0.39 is 42.0 Å². The van der Waals surface area contributed by atoms with Crippen LogP contribution < -0.4 is 26.4 Å². The van der Waals surface area contributed by atoms with Crippen molar-refractivity contribution in [1.29, 1.82) is 0 Å². The molecule has 0 atom stereocenters. The molecule has 15 heteroatoms. The van der Waals surface area contributed by atoms with Crippen molar-refractivity contribution >= 4 is 40.8 Å². The number of hydrazine groups is 1. The minimum absolute atomic E-state index is 0.0791. The van der Waals surface area contributed by atoms with E-state index in [9.17, 15) is 45.9 Å². The van der Waals surface area contributed by atoms with Gasteiger partial charge in [-0.15, -0.1) is 0 Å². The van der Waals surface area contributed by atoms with Gasteiger partial charge in [0.25, 0.3) is 5.91 Å². The highest BCUT2D eigenvalue weighted by molar-refractivity contribution is 6.00. The van der Waals surface area contributed by atoms with Crippen LogP contribution in [-0.4, -0.2) is 42.1 Å². The standard InChI is InChI=1S/C19H16F4N2O3.C16H16FN3O2/c1-12(26)25(15-5-3-2-4-6-15)11-14-8-7-13(9-16(14)20)17(27)10-24-18(28)19(21,22)23;1-11(21)20(14-5-3-2-4-6-14)10-13-8-7-12(9-15(13)17)16(22)19-18/h2-9H,10-11H2,1H3,(H,24,28);2-9H,10,18H2,1H3,(H,19,22). The number of Topliss-reactive ketones (excluding diaryl/α,β-unsaturated/α-hetero) is 1. The molecule has 0 unspecified atom stereocenters. The summed E-state index contributed by atoms with van der Waals surface area (Å²) < 4.78 is 64.9. The van der Waals surface area contributed by atoms with E-state index in [2.05, 4.69) is 0 Å². The number of para-hydroxylation sites is 2. The van der Waals surface area contributed by atoms with E-state index in [0.717, 1.165) is 12.1 Å². The van der Waals surface area contributed by atoms with Crippen LogP contribution in [0, 0.1) is 11.6 Å². The van der Waals surface area contributed by atoms with Crippen LogP contribution in [0.4, 0.5) is 33.3 Å². The molecule has 0 fully saturated rings. The maximum absolute atomic E-state index is 14.4. The van der Waals surface area contributed by atoms with Gasteiger partial charge >= 0.3 is 12.1 Å². The Bertz CT molecular complexity index is 1840. The highest BCUT2D eigenvalue weighted by Gasteiger charge is 2.38. The summed E-state index contributed by atoms with van der Waals surface area (Å²) in [7, 11) is 0. The van der Waals surface area contributed by atoms with Crippen LogP contribution >= 0.6 is 0 Å². The van der Waals surface area contributed by atoms with Crippen molar-refractivity contribution in [2.24, 2.45) is 5.84 Å². The number of alkyl halides is 3. The Hall–Kier alpha value is -5.96. The quantitative estimate of drug-likeness (QED) is 0.0682. The van der Waals surface area contributed by atoms with Gasteiger partial charge in [0.05, 0.1) is 19.6 Å². The lowest BCUT2D eigenvalue weighted by atomic mass is 10.1. The van der Waals surface area contributed by atoms with E-state index in [1.165, 1.54) is 53.2 Å². The lowest BCUT2D eigenvalue weighted by Crippen LogP contribution is -2.39. The fourth-order valence-corrected chi connectivity index (χ4v) is 4.44. The number of nitrogens with two attached hydrogens (primary N) is 1. The zero-order valence-corrected chi connectivity index (χ0v) is 26.8.